The molecule has 0 radical (unpaired) electrons. The van der Waals surface area contributed by atoms with E-state index in [-0.39, 0.29) is 11.4 Å². The van der Waals surface area contributed by atoms with Gasteiger partial charge in [-0.15, -0.1) is 0 Å². The predicted octanol–water partition coefficient (Wildman–Crippen LogP) is 2.14. The van der Waals surface area contributed by atoms with Crippen molar-refractivity contribution in [3.63, 3.8) is 0 Å². The molecule has 0 fully saturated rings. The number of carbonyl (C=O) groups is 1. The van der Waals surface area contributed by atoms with Crippen LogP contribution in [-0.4, -0.2) is 21.8 Å². The lowest BCUT2D eigenvalue weighted by Crippen LogP contribution is -2.39. The Balaban J connectivity index is 1.56. The fourth-order valence-electron chi connectivity index (χ4n) is 2.33. The number of rotatable bonds is 5. The number of ketones is 1. The third-order valence-electron chi connectivity index (χ3n) is 3.48. The van der Waals surface area contributed by atoms with E-state index in [1.807, 2.05) is 24.3 Å². The summed E-state index contributed by atoms with van der Waals surface area (Å²) in [6.07, 6.45) is 0. The molecule has 0 atom stereocenters. The number of oxazole rings is 1. The molecule has 2 aromatic carbocycles. The highest BCUT2D eigenvalue weighted by molar-refractivity contribution is 7.99. The highest BCUT2D eigenvalue weighted by Gasteiger charge is 2.27. The number of fused-ring (bicyclic) bond motifs is 1. The molecule has 7 nitrogen and oxygen atoms in total. The van der Waals surface area contributed by atoms with E-state index >= 15 is 0 Å². The average Bonchev–Trinajstić information content (AvgIpc) is 3.23. The van der Waals surface area contributed by atoms with Crippen LogP contribution in [0.4, 0.5) is 0 Å². The lowest BCUT2D eigenvalue weighted by atomic mass is 10.3. The van der Waals surface area contributed by atoms with Crippen LogP contribution >= 0.6 is 11.8 Å². The standard InChI is InChI=1S/C17H11N3O4S/c21-13(10-25-17-18-12-8-4-5-9-14(12)23-17)15-16(22)24-19-20(15)11-6-2-1-3-7-11/h1-9H,10H2. The highest BCUT2D eigenvalue weighted by Crippen LogP contribution is 2.24. The summed E-state index contributed by atoms with van der Waals surface area (Å²) >= 11 is 1.12. The average molecular weight is 353 g/mol. The Bertz CT molecular complexity index is 1010. The third kappa shape index (κ3) is 2.99. The summed E-state index contributed by atoms with van der Waals surface area (Å²) < 4.78 is 11.4. The van der Waals surface area contributed by atoms with Gasteiger partial charge in [-0.25, -0.2) is 4.98 Å². The van der Waals surface area contributed by atoms with Gasteiger partial charge >= 0.3 is 5.69 Å². The summed E-state index contributed by atoms with van der Waals surface area (Å²) in [4.78, 5) is 16.8. The van der Waals surface area contributed by atoms with Gasteiger partial charge < -0.3 is 14.0 Å². The number of hydrogen-bond donors (Lipinski definition) is 0. The molecule has 124 valence electrons. The molecule has 2 heterocycles. The van der Waals surface area contributed by atoms with Crippen LogP contribution in [0, 0.1) is 0 Å². The minimum Gasteiger partial charge on any atom is -0.539 e. The van der Waals surface area contributed by atoms with E-state index in [2.05, 4.69) is 14.8 Å². The summed E-state index contributed by atoms with van der Waals surface area (Å²) in [6.45, 7) is 0. The molecule has 2 aromatic heterocycles. The summed E-state index contributed by atoms with van der Waals surface area (Å²) in [5.74, 6) is -1.20. The van der Waals surface area contributed by atoms with Crippen LogP contribution in [0.15, 0.2) is 68.8 Å². The first-order valence-corrected chi connectivity index (χ1v) is 8.37. The first-order chi connectivity index (χ1) is 12.2. The molecule has 0 saturated carbocycles. The number of nitrogens with zero attached hydrogens (tertiary/aromatic N) is 3. The van der Waals surface area contributed by atoms with Crippen LogP contribution < -0.4 is 9.79 Å². The number of hydrogen-bond acceptors (Lipinski definition) is 7. The molecule has 4 aromatic rings. The maximum Gasteiger partial charge on any atom is 0.307 e. The van der Waals surface area contributed by atoms with Gasteiger partial charge in [0.25, 0.3) is 5.22 Å². The zero-order valence-electron chi connectivity index (χ0n) is 12.8. The van der Waals surface area contributed by atoms with Crippen molar-refractivity contribution in [2.24, 2.45) is 0 Å². The summed E-state index contributed by atoms with van der Waals surface area (Å²) in [6, 6.07) is 16.2. The zero-order valence-corrected chi connectivity index (χ0v) is 13.6. The molecule has 0 aliphatic carbocycles. The van der Waals surface area contributed by atoms with Crippen molar-refractivity contribution in [2.45, 2.75) is 5.22 Å². The first kappa shape index (κ1) is 15.4. The van der Waals surface area contributed by atoms with E-state index in [0.717, 1.165) is 11.8 Å². The number of carbonyl (C=O) groups excluding carboxylic acids is 1. The summed E-state index contributed by atoms with van der Waals surface area (Å²) in [7, 11) is 0. The molecule has 0 spiro atoms. The van der Waals surface area contributed by atoms with Gasteiger partial charge in [0.1, 0.15) is 5.52 Å². The number of Topliss-reactive ketones (excluding diaryl/α,β-unsaturated/α-hetero) is 1. The minimum absolute atomic E-state index is 0.0177. The summed E-state index contributed by atoms with van der Waals surface area (Å²) in [5.41, 5.74) is 1.80. The van der Waals surface area contributed by atoms with Crippen LogP contribution in [0.2, 0.25) is 0 Å². The third-order valence-corrected chi connectivity index (χ3v) is 4.30. The Morgan fingerprint density at radius 2 is 1.88 bits per heavy atom. The number of para-hydroxylation sites is 3. The molecule has 0 unspecified atom stereocenters. The van der Waals surface area contributed by atoms with Gasteiger partial charge in [0.05, 0.1) is 11.0 Å². The second kappa shape index (κ2) is 6.40. The van der Waals surface area contributed by atoms with E-state index in [1.165, 1.54) is 4.68 Å². The zero-order chi connectivity index (χ0) is 17.2. The molecule has 0 N–H and O–H groups in total. The van der Waals surface area contributed by atoms with Crippen LogP contribution in [0.25, 0.3) is 16.8 Å². The van der Waals surface area contributed by atoms with Gasteiger partial charge in [0, 0.05) is 12.1 Å². The Labute approximate surface area is 145 Å². The molecule has 25 heavy (non-hydrogen) atoms. The van der Waals surface area contributed by atoms with E-state index < -0.39 is 11.7 Å². The van der Waals surface area contributed by atoms with E-state index in [1.54, 1.807) is 30.3 Å². The topological polar surface area (TPSA) is 96.1 Å². The fourth-order valence-corrected chi connectivity index (χ4v) is 3.04. The van der Waals surface area contributed by atoms with E-state index in [9.17, 15) is 9.90 Å². The molecule has 8 heteroatoms. The number of thioether (sulfide) groups is 1. The van der Waals surface area contributed by atoms with Crippen molar-refractivity contribution >= 4 is 28.6 Å². The maximum absolute atomic E-state index is 12.5. The smallest absolute Gasteiger partial charge is 0.307 e. The monoisotopic (exact) mass is 353 g/mol. The fraction of sp³-hybridized carbons (Fsp3) is 0.0588. The molecule has 0 saturated heterocycles. The minimum atomic E-state index is -0.771. The number of aromatic nitrogens is 3. The molecule has 0 amide bonds. The quantitative estimate of drug-likeness (QED) is 0.308. The normalized spacial score (nSPS) is 11.0. The van der Waals surface area contributed by atoms with Crippen LogP contribution in [0.1, 0.15) is 10.5 Å². The Kier molecular flexibility index (Phi) is 3.95. The first-order valence-electron chi connectivity index (χ1n) is 7.38. The molecular weight excluding hydrogens is 342 g/mol. The Morgan fingerprint density at radius 3 is 2.68 bits per heavy atom. The molecular formula is C17H11N3O4S. The van der Waals surface area contributed by atoms with Gasteiger partial charge in [-0.1, -0.05) is 42.1 Å². The SMILES string of the molecule is O=C(CSc1nc2ccccc2o1)c1c([O-])on[n+]1-c1ccccc1. The van der Waals surface area contributed by atoms with Gasteiger partial charge in [-0.2, -0.15) is 0 Å². The lowest BCUT2D eigenvalue weighted by Gasteiger charge is -1.97. The van der Waals surface area contributed by atoms with Gasteiger partial charge in [0.2, 0.25) is 11.5 Å². The van der Waals surface area contributed by atoms with E-state index in [0.29, 0.717) is 22.0 Å². The van der Waals surface area contributed by atoms with Crippen LogP contribution in [0.3, 0.4) is 0 Å². The highest BCUT2D eigenvalue weighted by atomic mass is 32.2. The molecule has 0 aliphatic heterocycles. The second-order valence-electron chi connectivity index (χ2n) is 5.12. The maximum atomic E-state index is 12.5. The van der Waals surface area contributed by atoms with E-state index in [4.69, 9.17) is 4.42 Å². The van der Waals surface area contributed by atoms with Gasteiger partial charge in [0.15, 0.2) is 11.5 Å². The van der Waals surface area contributed by atoms with Crippen molar-refractivity contribution < 1.29 is 23.5 Å². The van der Waals surface area contributed by atoms with Gasteiger partial charge in [-0.05, 0) is 16.8 Å². The molecule has 0 bridgehead atoms. The second-order valence-corrected chi connectivity index (χ2v) is 6.04. The molecule has 4 rings (SSSR count). The Morgan fingerprint density at radius 1 is 1.12 bits per heavy atom. The largest absolute Gasteiger partial charge is 0.539 e. The number of benzene rings is 2. The van der Waals surface area contributed by atoms with Crippen molar-refractivity contribution in [1.29, 1.82) is 0 Å². The lowest BCUT2D eigenvalue weighted by molar-refractivity contribution is -0.672. The summed E-state index contributed by atoms with van der Waals surface area (Å²) in [5, 5.41) is 15.9. The van der Waals surface area contributed by atoms with Crippen molar-refractivity contribution in [2.75, 3.05) is 5.75 Å². The van der Waals surface area contributed by atoms with Crippen LogP contribution in [0.5, 0.6) is 5.95 Å². The van der Waals surface area contributed by atoms with Crippen LogP contribution in [-0.2, 0) is 0 Å². The predicted molar refractivity (Wildman–Crippen MR) is 86.5 cm³/mol. The van der Waals surface area contributed by atoms with Gasteiger partial charge in [-0.3, -0.25) is 4.79 Å². The Hall–Kier alpha value is -3.13. The van der Waals surface area contributed by atoms with Crippen molar-refractivity contribution in [3.05, 3.63) is 60.3 Å². The van der Waals surface area contributed by atoms with Crippen molar-refractivity contribution in [3.8, 4) is 11.6 Å². The molecule has 0 aliphatic rings. The van der Waals surface area contributed by atoms with Crippen molar-refractivity contribution in [1.82, 2.24) is 10.3 Å².